The highest BCUT2D eigenvalue weighted by molar-refractivity contribution is 7.89. The fourth-order valence-corrected chi connectivity index (χ4v) is 4.11. The van der Waals surface area contributed by atoms with Gasteiger partial charge in [-0.3, -0.25) is 0 Å². The van der Waals surface area contributed by atoms with Crippen molar-refractivity contribution in [3.05, 3.63) is 30.3 Å². The van der Waals surface area contributed by atoms with Crippen molar-refractivity contribution < 1.29 is 8.42 Å². The largest absolute Gasteiger partial charge is 0.243 e. The molecule has 0 N–H and O–H groups in total. The molecule has 2 atom stereocenters. The highest BCUT2D eigenvalue weighted by Gasteiger charge is 2.33. The first kappa shape index (κ1) is 12.6. The van der Waals surface area contributed by atoms with Crippen LogP contribution in [0.5, 0.6) is 0 Å². The lowest BCUT2D eigenvalue weighted by Crippen LogP contribution is -2.44. The number of rotatable bonds is 2. The molecule has 0 aliphatic carbocycles. The molecule has 0 spiro atoms. The molecule has 1 aliphatic heterocycles. The molecule has 0 bridgehead atoms. The van der Waals surface area contributed by atoms with E-state index in [2.05, 4.69) is 6.92 Å². The molecule has 1 aromatic rings. The van der Waals surface area contributed by atoms with E-state index in [1.807, 2.05) is 13.0 Å². The Morgan fingerprint density at radius 1 is 1.12 bits per heavy atom. The lowest BCUT2D eigenvalue weighted by atomic mass is 9.97. The molecular weight excluding hydrogens is 234 g/mol. The molecule has 1 aliphatic rings. The minimum atomic E-state index is -3.31. The molecular formula is C13H19NO2S. The smallest absolute Gasteiger partial charge is 0.207 e. The first-order valence-corrected chi connectivity index (χ1v) is 7.52. The maximum atomic E-state index is 12.5. The van der Waals surface area contributed by atoms with Gasteiger partial charge in [-0.25, -0.2) is 8.42 Å². The van der Waals surface area contributed by atoms with Crippen molar-refractivity contribution in [1.82, 2.24) is 4.31 Å². The zero-order chi connectivity index (χ0) is 12.5. The average Bonchev–Trinajstić information content (AvgIpc) is 2.33. The van der Waals surface area contributed by atoms with Gasteiger partial charge in [0.2, 0.25) is 10.0 Å². The molecule has 0 aromatic heterocycles. The number of piperidine rings is 1. The Balaban J connectivity index is 2.32. The van der Waals surface area contributed by atoms with E-state index in [1.54, 1.807) is 28.6 Å². The molecule has 1 aromatic carbocycles. The van der Waals surface area contributed by atoms with Gasteiger partial charge in [-0.05, 0) is 37.8 Å². The van der Waals surface area contributed by atoms with Crippen LogP contribution in [0.3, 0.4) is 0 Å². The summed E-state index contributed by atoms with van der Waals surface area (Å²) in [6.07, 6.45) is 2.06. The number of sulfonamides is 1. The second kappa shape index (κ2) is 4.78. The zero-order valence-corrected chi connectivity index (χ0v) is 11.2. The van der Waals surface area contributed by atoms with Crippen molar-refractivity contribution in [2.24, 2.45) is 5.92 Å². The average molecular weight is 253 g/mol. The molecule has 3 nitrogen and oxygen atoms in total. The van der Waals surface area contributed by atoms with E-state index < -0.39 is 10.0 Å². The van der Waals surface area contributed by atoms with Crippen LogP contribution in [0.1, 0.15) is 26.7 Å². The Morgan fingerprint density at radius 2 is 1.76 bits per heavy atom. The van der Waals surface area contributed by atoms with E-state index in [4.69, 9.17) is 0 Å². The van der Waals surface area contributed by atoms with Crippen LogP contribution in [0, 0.1) is 5.92 Å². The van der Waals surface area contributed by atoms with Gasteiger partial charge in [0.1, 0.15) is 0 Å². The summed E-state index contributed by atoms with van der Waals surface area (Å²) in [6.45, 7) is 4.74. The van der Waals surface area contributed by atoms with Crippen LogP contribution in [0.2, 0.25) is 0 Å². The van der Waals surface area contributed by atoms with E-state index in [-0.39, 0.29) is 6.04 Å². The molecule has 0 saturated carbocycles. The lowest BCUT2D eigenvalue weighted by Gasteiger charge is -2.35. The van der Waals surface area contributed by atoms with Crippen molar-refractivity contribution >= 4 is 10.0 Å². The van der Waals surface area contributed by atoms with Crippen molar-refractivity contribution in [2.45, 2.75) is 37.6 Å². The van der Waals surface area contributed by atoms with Crippen LogP contribution >= 0.6 is 0 Å². The Bertz CT molecular complexity index is 469. The standard InChI is InChI=1S/C13H19NO2S/c1-11-8-9-12(2)14(10-11)17(15,16)13-6-4-3-5-7-13/h3-7,11-12H,8-10H2,1-2H3. The van der Waals surface area contributed by atoms with Gasteiger partial charge in [-0.1, -0.05) is 25.1 Å². The van der Waals surface area contributed by atoms with Gasteiger partial charge in [0.05, 0.1) is 4.90 Å². The molecule has 1 heterocycles. The van der Waals surface area contributed by atoms with Crippen molar-refractivity contribution in [2.75, 3.05) is 6.54 Å². The molecule has 0 amide bonds. The van der Waals surface area contributed by atoms with Crippen LogP contribution in [-0.2, 0) is 10.0 Å². The number of benzene rings is 1. The fourth-order valence-electron chi connectivity index (χ4n) is 2.31. The summed E-state index contributed by atoms with van der Waals surface area (Å²) in [5.41, 5.74) is 0. The highest BCUT2D eigenvalue weighted by Crippen LogP contribution is 2.27. The Morgan fingerprint density at radius 3 is 2.41 bits per heavy atom. The molecule has 2 rings (SSSR count). The van der Waals surface area contributed by atoms with Gasteiger partial charge in [0, 0.05) is 12.6 Å². The summed E-state index contributed by atoms with van der Waals surface area (Å²) in [5.74, 6) is 0.449. The third-order valence-electron chi connectivity index (χ3n) is 3.41. The van der Waals surface area contributed by atoms with Crippen molar-refractivity contribution in [1.29, 1.82) is 0 Å². The second-order valence-corrected chi connectivity index (χ2v) is 6.81. The van der Waals surface area contributed by atoms with E-state index in [9.17, 15) is 8.42 Å². The van der Waals surface area contributed by atoms with E-state index >= 15 is 0 Å². The van der Waals surface area contributed by atoms with E-state index in [0.29, 0.717) is 17.4 Å². The third-order valence-corrected chi connectivity index (χ3v) is 5.40. The van der Waals surface area contributed by atoms with Crippen LogP contribution in [0.4, 0.5) is 0 Å². The molecule has 1 saturated heterocycles. The van der Waals surface area contributed by atoms with Crippen LogP contribution in [0.15, 0.2) is 35.2 Å². The van der Waals surface area contributed by atoms with Gasteiger partial charge in [-0.2, -0.15) is 4.31 Å². The van der Waals surface area contributed by atoms with Crippen LogP contribution in [-0.4, -0.2) is 25.3 Å². The Hall–Kier alpha value is -0.870. The van der Waals surface area contributed by atoms with Crippen LogP contribution in [0.25, 0.3) is 0 Å². The summed E-state index contributed by atoms with van der Waals surface area (Å²) >= 11 is 0. The van der Waals surface area contributed by atoms with Gasteiger partial charge >= 0.3 is 0 Å². The van der Waals surface area contributed by atoms with Crippen molar-refractivity contribution in [3.8, 4) is 0 Å². The number of hydrogen-bond donors (Lipinski definition) is 0. The second-order valence-electron chi connectivity index (χ2n) is 4.92. The Kier molecular flexibility index (Phi) is 3.54. The summed E-state index contributed by atoms with van der Waals surface area (Å²) in [5, 5.41) is 0. The molecule has 4 heteroatoms. The van der Waals surface area contributed by atoms with Gasteiger partial charge < -0.3 is 0 Å². The minimum Gasteiger partial charge on any atom is -0.207 e. The maximum absolute atomic E-state index is 12.5. The van der Waals surface area contributed by atoms with E-state index in [0.717, 1.165) is 12.8 Å². The fraction of sp³-hybridized carbons (Fsp3) is 0.538. The summed E-state index contributed by atoms with van der Waals surface area (Å²) < 4.78 is 26.6. The minimum absolute atomic E-state index is 0.108. The molecule has 0 radical (unpaired) electrons. The van der Waals surface area contributed by atoms with E-state index in [1.165, 1.54) is 0 Å². The normalized spacial score (nSPS) is 26.9. The van der Waals surface area contributed by atoms with Crippen LogP contribution < -0.4 is 0 Å². The first-order valence-electron chi connectivity index (χ1n) is 6.08. The predicted molar refractivity (Wildman–Crippen MR) is 68.2 cm³/mol. The monoisotopic (exact) mass is 253 g/mol. The third kappa shape index (κ3) is 2.53. The number of hydrogen-bond acceptors (Lipinski definition) is 2. The number of nitrogens with zero attached hydrogens (tertiary/aromatic N) is 1. The molecule has 2 unspecified atom stereocenters. The molecule has 94 valence electrons. The lowest BCUT2D eigenvalue weighted by molar-refractivity contribution is 0.218. The van der Waals surface area contributed by atoms with Gasteiger partial charge in [0.15, 0.2) is 0 Å². The first-order chi connectivity index (χ1) is 8.01. The molecule has 17 heavy (non-hydrogen) atoms. The van der Waals surface area contributed by atoms with Crippen molar-refractivity contribution in [3.63, 3.8) is 0 Å². The predicted octanol–water partition coefficient (Wildman–Crippen LogP) is 2.50. The topological polar surface area (TPSA) is 37.4 Å². The highest BCUT2D eigenvalue weighted by atomic mass is 32.2. The summed E-state index contributed by atoms with van der Waals surface area (Å²) in [4.78, 5) is 0.404. The van der Waals surface area contributed by atoms with Gasteiger partial charge in [0.25, 0.3) is 0 Å². The molecule has 1 fully saturated rings. The maximum Gasteiger partial charge on any atom is 0.243 e. The van der Waals surface area contributed by atoms with Gasteiger partial charge in [-0.15, -0.1) is 0 Å². The summed E-state index contributed by atoms with van der Waals surface area (Å²) in [7, 11) is -3.31. The Labute approximate surface area is 104 Å². The zero-order valence-electron chi connectivity index (χ0n) is 10.3. The SMILES string of the molecule is CC1CCC(C)N(S(=O)(=O)c2ccccc2)C1. The summed E-state index contributed by atoms with van der Waals surface area (Å²) in [6, 6.07) is 8.82. The quantitative estimate of drug-likeness (QED) is 0.812.